The summed E-state index contributed by atoms with van der Waals surface area (Å²) in [5, 5.41) is 0.911. The summed E-state index contributed by atoms with van der Waals surface area (Å²) >= 11 is 1.59. The number of methoxy groups -OCH3 is 1. The van der Waals surface area contributed by atoms with Crippen LogP contribution in [0.4, 0.5) is 0 Å². The van der Waals surface area contributed by atoms with Gasteiger partial charge in [0, 0.05) is 25.6 Å². The first-order valence-corrected chi connectivity index (χ1v) is 12.6. The highest BCUT2D eigenvalue weighted by atomic mass is 32.1. The van der Waals surface area contributed by atoms with Crippen molar-refractivity contribution in [3.63, 3.8) is 0 Å². The molecule has 2 aromatic heterocycles. The number of hydrogen-bond donors (Lipinski definition) is 1. The predicted molar refractivity (Wildman–Crippen MR) is 137 cm³/mol. The average molecular weight is 475 g/mol. The predicted octanol–water partition coefficient (Wildman–Crippen LogP) is 5.72. The van der Waals surface area contributed by atoms with Crippen LogP contribution in [-0.2, 0) is 6.42 Å². The number of aromatic amines is 1. The van der Waals surface area contributed by atoms with E-state index in [0.29, 0.717) is 24.6 Å². The summed E-state index contributed by atoms with van der Waals surface area (Å²) in [5.74, 6) is 2.28. The number of hydrogen-bond acceptors (Lipinski definition) is 5. The summed E-state index contributed by atoms with van der Waals surface area (Å²) < 4.78 is 5.32. The van der Waals surface area contributed by atoms with Crippen LogP contribution in [0.3, 0.4) is 0 Å². The summed E-state index contributed by atoms with van der Waals surface area (Å²) in [5.41, 5.74) is 5.95. The molecule has 5 rings (SSSR count). The fraction of sp³-hybridized carbons (Fsp3) is 0.370. The van der Waals surface area contributed by atoms with Crippen molar-refractivity contribution in [2.24, 2.45) is 5.92 Å². The lowest BCUT2D eigenvalue weighted by atomic mass is 10.0. The van der Waals surface area contributed by atoms with Gasteiger partial charge in [0.05, 0.1) is 28.0 Å². The summed E-state index contributed by atoms with van der Waals surface area (Å²) in [6.07, 6.45) is 3.04. The van der Waals surface area contributed by atoms with Gasteiger partial charge in [0.25, 0.3) is 5.91 Å². The van der Waals surface area contributed by atoms with Gasteiger partial charge in [0.2, 0.25) is 0 Å². The number of amides is 1. The summed E-state index contributed by atoms with van der Waals surface area (Å²) in [6, 6.07) is 12.2. The van der Waals surface area contributed by atoms with E-state index in [9.17, 15) is 4.79 Å². The van der Waals surface area contributed by atoms with Gasteiger partial charge in [-0.05, 0) is 68.4 Å². The zero-order valence-electron chi connectivity index (χ0n) is 20.1. The van der Waals surface area contributed by atoms with E-state index in [1.807, 2.05) is 30.0 Å². The third kappa shape index (κ3) is 4.71. The van der Waals surface area contributed by atoms with Crippen LogP contribution in [0.5, 0.6) is 5.75 Å². The van der Waals surface area contributed by atoms with Gasteiger partial charge >= 0.3 is 0 Å². The lowest BCUT2D eigenvalue weighted by Crippen LogP contribution is -2.35. The lowest BCUT2D eigenvalue weighted by molar-refractivity contribution is 0.0744. The standard InChI is InChI=1S/C27H30N4O2S/c1-16-5-8-20(13-17(16)2)26-25(28-18(3)34-26)27(32)31(15-19-6-7-19)12-11-24-29-22-10-9-21(33-4)14-23(22)30-24/h5,8-10,13-14,19H,6-7,11-12,15H2,1-4H3,(H,29,30). The lowest BCUT2D eigenvalue weighted by Gasteiger charge is -2.22. The molecule has 7 heteroatoms. The maximum absolute atomic E-state index is 13.8. The molecule has 1 amide bonds. The molecule has 34 heavy (non-hydrogen) atoms. The molecule has 0 saturated heterocycles. The van der Waals surface area contributed by atoms with Crippen molar-refractivity contribution in [2.45, 2.75) is 40.0 Å². The molecule has 1 aliphatic carbocycles. The number of imidazole rings is 1. The number of rotatable bonds is 8. The van der Waals surface area contributed by atoms with Gasteiger partial charge in [-0.1, -0.05) is 18.2 Å². The Morgan fingerprint density at radius 1 is 1.12 bits per heavy atom. The molecule has 0 bridgehead atoms. The molecular weight excluding hydrogens is 444 g/mol. The number of H-pyrrole nitrogens is 1. The molecule has 6 nitrogen and oxygen atoms in total. The summed E-state index contributed by atoms with van der Waals surface area (Å²) in [6.45, 7) is 7.57. The van der Waals surface area contributed by atoms with Crippen molar-refractivity contribution in [2.75, 3.05) is 20.2 Å². The number of benzene rings is 2. The largest absolute Gasteiger partial charge is 0.497 e. The number of ether oxygens (including phenoxy) is 1. The number of aryl methyl sites for hydroxylation is 3. The molecule has 1 saturated carbocycles. The Labute approximate surface area is 204 Å². The summed E-state index contributed by atoms with van der Waals surface area (Å²) in [7, 11) is 1.66. The first-order chi connectivity index (χ1) is 16.4. The van der Waals surface area contributed by atoms with Crippen molar-refractivity contribution in [3.8, 4) is 16.2 Å². The zero-order valence-corrected chi connectivity index (χ0v) is 21.0. The van der Waals surface area contributed by atoms with E-state index >= 15 is 0 Å². The molecule has 0 aliphatic heterocycles. The number of fused-ring (bicyclic) bond motifs is 1. The van der Waals surface area contributed by atoms with E-state index in [0.717, 1.165) is 44.6 Å². The Bertz CT molecular complexity index is 1350. The third-order valence-corrected chi connectivity index (χ3v) is 7.54. The Morgan fingerprint density at radius 2 is 1.94 bits per heavy atom. The molecule has 1 N–H and O–H groups in total. The molecule has 176 valence electrons. The molecule has 0 unspecified atom stereocenters. The number of nitrogens with one attached hydrogen (secondary N) is 1. The van der Waals surface area contributed by atoms with Crippen LogP contribution in [0.25, 0.3) is 21.5 Å². The fourth-order valence-corrected chi connectivity index (χ4v) is 5.12. The second kappa shape index (κ2) is 9.22. The molecule has 4 aromatic rings. The highest BCUT2D eigenvalue weighted by Crippen LogP contribution is 2.34. The number of carbonyl (C=O) groups excluding carboxylic acids is 1. The normalized spacial score (nSPS) is 13.4. The maximum atomic E-state index is 13.8. The van der Waals surface area contributed by atoms with Gasteiger partial charge in [-0.3, -0.25) is 4.79 Å². The second-order valence-electron chi connectivity index (χ2n) is 9.22. The highest BCUT2D eigenvalue weighted by Gasteiger charge is 2.30. The van der Waals surface area contributed by atoms with Crippen LogP contribution < -0.4 is 4.74 Å². The molecule has 2 heterocycles. The third-order valence-electron chi connectivity index (χ3n) is 6.53. The average Bonchev–Trinajstić information content (AvgIpc) is 3.42. The highest BCUT2D eigenvalue weighted by molar-refractivity contribution is 7.15. The molecule has 0 spiro atoms. The number of carbonyl (C=O) groups is 1. The van der Waals surface area contributed by atoms with Crippen LogP contribution in [0.1, 0.15) is 45.3 Å². The van der Waals surface area contributed by atoms with Crippen molar-refractivity contribution in [1.29, 1.82) is 0 Å². The van der Waals surface area contributed by atoms with Crippen LogP contribution in [-0.4, -0.2) is 46.0 Å². The number of thiazole rings is 1. The van der Waals surface area contributed by atoms with Crippen molar-refractivity contribution in [3.05, 3.63) is 64.1 Å². The first-order valence-electron chi connectivity index (χ1n) is 11.8. The quantitative estimate of drug-likeness (QED) is 0.355. The minimum Gasteiger partial charge on any atom is -0.497 e. The summed E-state index contributed by atoms with van der Waals surface area (Å²) in [4.78, 5) is 29.5. The minimum absolute atomic E-state index is 0.0160. The van der Waals surface area contributed by atoms with E-state index in [1.54, 1.807) is 18.4 Å². The smallest absolute Gasteiger partial charge is 0.274 e. The van der Waals surface area contributed by atoms with E-state index < -0.39 is 0 Å². The van der Waals surface area contributed by atoms with Gasteiger partial charge in [0.1, 0.15) is 17.3 Å². The Hall–Kier alpha value is -3.19. The molecule has 1 fully saturated rings. The van der Waals surface area contributed by atoms with Gasteiger partial charge in [0.15, 0.2) is 0 Å². The second-order valence-corrected chi connectivity index (χ2v) is 10.4. The van der Waals surface area contributed by atoms with E-state index in [2.05, 4.69) is 42.0 Å². The topological polar surface area (TPSA) is 71.1 Å². The fourth-order valence-electron chi connectivity index (χ4n) is 4.22. The Kier molecular flexibility index (Phi) is 6.13. The van der Waals surface area contributed by atoms with Crippen LogP contribution >= 0.6 is 11.3 Å². The van der Waals surface area contributed by atoms with Crippen molar-refractivity contribution < 1.29 is 9.53 Å². The molecule has 0 radical (unpaired) electrons. The molecular formula is C27H30N4O2S. The van der Waals surface area contributed by atoms with Crippen molar-refractivity contribution >= 4 is 28.3 Å². The number of nitrogens with zero attached hydrogens (tertiary/aromatic N) is 3. The van der Waals surface area contributed by atoms with Crippen LogP contribution in [0, 0.1) is 26.7 Å². The Morgan fingerprint density at radius 3 is 2.68 bits per heavy atom. The Balaban J connectivity index is 1.39. The monoisotopic (exact) mass is 474 g/mol. The van der Waals surface area contributed by atoms with Gasteiger partial charge in [-0.25, -0.2) is 9.97 Å². The minimum atomic E-state index is 0.0160. The van der Waals surface area contributed by atoms with Crippen LogP contribution in [0.2, 0.25) is 0 Å². The molecule has 1 aliphatic rings. The van der Waals surface area contributed by atoms with Crippen molar-refractivity contribution in [1.82, 2.24) is 19.9 Å². The van der Waals surface area contributed by atoms with Gasteiger partial charge in [-0.15, -0.1) is 11.3 Å². The molecule has 0 atom stereocenters. The van der Waals surface area contributed by atoms with Gasteiger partial charge in [-0.2, -0.15) is 0 Å². The van der Waals surface area contributed by atoms with Crippen LogP contribution in [0.15, 0.2) is 36.4 Å². The SMILES string of the molecule is COc1ccc2nc(CCN(CC3CC3)C(=O)c3nc(C)sc3-c3ccc(C)c(C)c3)[nH]c2c1. The maximum Gasteiger partial charge on any atom is 0.274 e. The zero-order chi connectivity index (χ0) is 23.8. The molecule has 2 aromatic carbocycles. The van der Waals surface area contributed by atoms with Gasteiger partial charge < -0.3 is 14.6 Å². The van der Waals surface area contributed by atoms with E-state index in [1.165, 1.54) is 24.0 Å². The van der Waals surface area contributed by atoms with E-state index in [-0.39, 0.29) is 5.91 Å². The first kappa shape index (κ1) is 22.6. The number of aromatic nitrogens is 3. The van der Waals surface area contributed by atoms with E-state index in [4.69, 9.17) is 9.72 Å².